The molecule has 4 nitrogen and oxygen atoms in total. The summed E-state index contributed by atoms with van der Waals surface area (Å²) in [4.78, 5) is 0. The van der Waals surface area contributed by atoms with Gasteiger partial charge in [0.2, 0.25) is 0 Å². The Hall–Kier alpha value is -2.98. The van der Waals surface area contributed by atoms with E-state index in [0.29, 0.717) is 6.61 Å². The molecule has 1 unspecified atom stereocenters. The first-order chi connectivity index (χ1) is 13.8. The van der Waals surface area contributed by atoms with Crippen LogP contribution in [0, 0.1) is 0 Å². The zero-order valence-electron chi connectivity index (χ0n) is 16.3. The zero-order chi connectivity index (χ0) is 19.3. The molecule has 4 rings (SSSR count). The smallest absolute Gasteiger partial charge is 0.164 e. The van der Waals surface area contributed by atoms with E-state index in [2.05, 4.69) is 35.6 Å². The minimum absolute atomic E-state index is 0.0514. The molecule has 0 saturated heterocycles. The van der Waals surface area contributed by atoms with Gasteiger partial charge in [0.15, 0.2) is 11.5 Å². The minimum atomic E-state index is 0.0514. The van der Waals surface area contributed by atoms with Crippen LogP contribution in [0.2, 0.25) is 0 Å². The van der Waals surface area contributed by atoms with Crippen LogP contribution in [-0.4, -0.2) is 20.8 Å². The lowest BCUT2D eigenvalue weighted by atomic mass is 9.88. The molecule has 4 heteroatoms. The van der Waals surface area contributed by atoms with Gasteiger partial charge in [-0.1, -0.05) is 54.6 Å². The standard InChI is InChI=1S/C24H25NO3/c1-26-22-13-12-18-19(24(22)27-2)14-15-25-23(18)20-10-6-7-11-21(20)28-16-17-8-4-3-5-9-17/h3-13,23,25H,14-16H2,1-2H3. The van der Waals surface area contributed by atoms with Gasteiger partial charge in [0.25, 0.3) is 0 Å². The Morgan fingerprint density at radius 3 is 2.39 bits per heavy atom. The molecule has 1 aliphatic rings. The number of hydrogen-bond acceptors (Lipinski definition) is 4. The monoisotopic (exact) mass is 375 g/mol. The van der Waals surface area contributed by atoms with E-state index in [1.54, 1.807) is 14.2 Å². The molecule has 0 spiro atoms. The first-order valence-corrected chi connectivity index (χ1v) is 9.54. The molecule has 3 aromatic carbocycles. The summed E-state index contributed by atoms with van der Waals surface area (Å²) in [6, 6.07) is 22.6. The second-order valence-corrected chi connectivity index (χ2v) is 6.82. The fourth-order valence-corrected chi connectivity index (χ4v) is 3.85. The Bertz CT molecular complexity index is 940. The number of hydrogen-bond donors (Lipinski definition) is 1. The highest BCUT2D eigenvalue weighted by atomic mass is 16.5. The van der Waals surface area contributed by atoms with Crippen molar-refractivity contribution < 1.29 is 14.2 Å². The third-order valence-electron chi connectivity index (χ3n) is 5.19. The van der Waals surface area contributed by atoms with Crippen LogP contribution in [0.3, 0.4) is 0 Å². The average molecular weight is 375 g/mol. The molecule has 1 atom stereocenters. The quantitative estimate of drug-likeness (QED) is 0.688. The third kappa shape index (κ3) is 3.56. The molecular formula is C24H25NO3. The van der Waals surface area contributed by atoms with Crippen molar-refractivity contribution in [3.8, 4) is 17.2 Å². The van der Waals surface area contributed by atoms with Crippen LogP contribution < -0.4 is 19.5 Å². The van der Waals surface area contributed by atoms with E-state index in [1.165, 1.54) is 11.1 Å². The molecule has 0 radical (unpaired) electrons. The van der Waals surface area contributed by atoms with Gasteiger partial charge >= 0.3 is 0 Å². The number of nitrogens with one attached hydrogen (secondary N) is 1. The van der Waals surface area contributed by atoms with Crippen molar-refractivity contribution >= 4 is 0 Å². The summed E-state index contributed by atoms with van der Waals surface area (Å²) in [5.74, 6) is 2.50. The van der Waals surface area contributed by atoms with Gasteiger partial charge < -0.3 is 19.5 Å². The van der Waals surface area contributed by atoms with E-state index in [-0.39, 0.29) is 6.04 Å². The second-order valence-electron chi connectivity index (χ2n) is 6.82. The van der Waals surface area contributed by atoms with Crippen LogP contribution in [0.5, 0.6) is 17.2 Å². The fraction of sp³-hybridized carbons (Fsp3) is 0.250. The summed E-state index contributed by atoms with van der Waals surface area (Å²) < 4.78 is 17.4. The van der Waals surface area contributed by atoms with E-state index >= 15 is 0 Å². The van der Waals surface area contributed by atoms with E-state index in [1.807, 2.05) is 36.4 Å². The molecule has 0 bridgehead atoms. The highest BCUT2D eigenvalue weighted by molar-refractivity contribution is 5.55. The highest BCUT2D eigenvalue weighted by Gasteiger charge is 2.27. The maximum atomic E-state index is 6.20. The fourth-order valence-electron chi connectivity index (χ4n) is 3.85. The molecule has 0 aliphatic carbocycles. The summed E-state index contributed by atoms with van der Waals surface area (Å²) in [5, 5.41) is 3.64. The van der Waals surface area contributed by atoms with Gasteiger partial charge in [-0.25, -0.2) is 0 Å². The largest absolute Gasteiger partial charge is 0.493 e. The predicted octanol–water partition coefficient (Wildman–Crippen LogP) is 4.52. The number of rotatable bonds is 6. The molecule has 0 fully saturated rings. The van der Waals surface area contributed by atoms with Crippen molar-refractivity contribution in [3.05, 3.63) is 89.0 Å². The maximum absolute atomic E-state index is 6.20. The number of benzene rings is 3. The predicted molar refractivity (Wildman–Crippen MR) is 110 cm³/mol. The van der Waals surface area contributed by atoms with E-state index in [0.717, 1.165) is 41.3 Å². The minimum Gasteiger partial charge on any atom is -0.493 e. The third-order valence-corrected chi connectivity index (χ3v) is 5.19. The SMILES string of the molecule is COc1ccc2c(c1OC)CCNC2c1ccccc1OCc1ccccc1. The van der Waals surface area contributed by atoms with Gasteiger partial charge in [-0.05, 0) is 29.7 Å². The summed E-state index contributed by atoms with van der Waals surface area (Å²) in [6.45, 7) is 1.41. The normalized spacial score (nSPS) is 15.6. The highest BCUT2D eigenvalue weighted by Crippen LogP contribution is 2.41. The molecule has 0 saturated carbocycles. The van der Waals surface area contributed by atoms with Gasteiger partial charge in [-0.2, -0.15) is 0 Å². The van der Waals surface area contributed by atoms with Crippen LogP contribution in [-0.2, 0) is 13.0 Å². The van der Waals surface area contributed by atoms with Gasteiger partial charge in [0, 0.05) is 17.7 Å². The molecule has 0 amide bonds. The van der Waals surface area contributed by atoms with Crippen LogP contribution in [0.15, 0.2) is 66.7 Å². The van der Waals surface area contributed by atoms with Gasteiger partial charge in [-0.15, -0.1) is 0 Å². The second kappa shape index (κ2) is 8.36. The van der Waals surface area contributed by atoms with E-state index in [9.17, 15) is 0 Å². The summed E-state index contributed by atoms with van der Waals surface area (Å²) in [5.41, 5.74) is 4.69. The van der Waals surface area contributed by atoms with Crippen molar-refractivity contribution in [2.75, 3.05) is 20.8 Å². The van der Waals surface area contributed by atoms with Crippen LogP contribution in [0.4, 0.5) is 0 Å². The zero-order valence-corrected chi connectivity index (χ0v) is 16.3. The summed E-state index contributed by atoms with van der Waals surface area (Å²) in [6.07, 6.45) is 0.902. The Morgan fingerprint density at radius 1 is 0.821 bits per heavy atom. The van der Waals surface area contributed by atoms with Crippen molar-refractivity contribution in [1.82, 2.24) is 5.32 Å². The van der Waals surface area contributed by atoms with E-state index < -0.39 is 0 Å². The van der Waals surface area contributed by atoms with Gasteiger partial charge in [0.1, 0.15) is 12.4 Å². The van der Waals surface area contributed by atoms with E-state index in [4.69, 9.17) is 14.2 Å². The number of para-hydroxylation sites is 1. The van der Waals surface area contributed by atoms with Gasteiger partial charge in [0.05, 0.1) is 20.3 Å². The molecule has 3 aromatic rings. The first-order valence-electron chi connectivity index (χ1n) is 9.54. The lowest BCUT2D eigenvalue weighted by Gasteiger charge is -2.30. The molecule has 144 valence electrons. The maximum Gasteiger partial charge on any atom is 0.164 e. The van der Waals surface area contributed by atoms with Crippen LogP contribution in [0.25, 0.3) is 0 Å². The summed E-state index contributed by atoms with van der Waals surface area (Å²) >= 11 is 0. The Balaban J connectivity index is 1.68. The molecule has 1 heterocycles. The topological polar surface area (TPSA) is 39.7 Å². The number of methoxy groups -OCH3 is 2. The molecular weight excluding hydrogens is 350 g/mol. The van der Waals surface area contributed by atoms with Crippen LogP contribution in [0.1, 0.15) is 28.3 Å². The van der Waals surface area contributed by atoms with Crippen LogP contribution >= 0.6 is 0 Å². The molecule has 1 N–H and O–H groups in total. The first kappa shape index (κ1) is 18.4. The molecule has 28 heavy (non-hydrogen) atoms. The Labute approximate surface area is 166 Å². The van der Waals surface area contributed by atoms with Crippen molar-refractivity contribution in [3.63, 3.8) is 0 Å². The number of fused-ring (bicyclic) bond motifs is 1. The van der Waals surface area contributed by atoms with Crippen molar-refractivity contribution in [1.29, 1.82) is 0 Å². The van der Waals surface area contributed by atoms with Gasteiger partial charge in [-0.3, -0.25) is 0 Å². The Kier molecular flexibility index (Phi) is 5.49. The lowest BCUT2D eigenvalue weighted by Crippen LogP contribution is -2.31. The molecule has 0 aromatic heterocycles. The number of ether oxygens (including phenoxy) is 3. The Morgan fingerprint density at radius 2 is 1.61 bits per heavy atom. The van der Waals surface area contributed by atoms with Crippen molar-refractivity contribution in [2.24, 2.45) is 0 Å². The average Bonchev–Trinajstić information content (AvgIpc) is 2.77. The molecule has 1 aliphatic heterocycles. The summed E-state index contributed by atoms with van der Waals surface area (Å²) in [7, 11) is 3.38. The lowest BCUT2D eigenvalue weighted by molar-refractivity contribution is 0.300. The van der Waals surface area contributed by atoms with Crippen molar-refractivity contribution in [2.45, 2.75) is 19.1 Å².